The molecule has 0 aliphatic carbocycles. The van der Waals surface area contributed by atoms with Gasteiger partial charge in [0.25, 0.3) is 5.69 Å². The second-order valence-electron chi connectivity index (χ2n) is 6.85. The van der Waals surface area contributed by atoms with Crippen molar-refractivity contribution in [3.63, 3.8) is 0 Å². The van der Waals surface area contributed by atoms with E-state index >= 15 is 0 Å². The van der Waals surface area contributed by atoms with Gasteiger partial charge in [-0.2, -0.15) is 0 Å². The summed E-state index contributed by atoms with van der Waals surface area (Å²) in [6, 6.07) is 3.26. The summed E-state index contributed by atoms with van der Waals surface area (Å²) in [7, 11) is 0. The molecule has 132 valence electrons. The number of hydrogen-bond donors (Lipinski definition) is 0. The van der Waals surface area contributed by atoms with Crippen molar-refractivity contribution in [3.8, 4) is 0 Å². The second-order valence-corrected chi connectivity index (χ2v) is 6.85. The Morgan fingerprint density at radius 2 is 2.04 bits per heavy atom. The van der Waals surface area contributed by atoms with Crippen LogP contribution in [0.25, 0.3) is 0 Å². The summed E-state index contributed by atoms with van der Waals surface area (Å²) < 4.78 is 2.32. The lowest BCUT2D eigenvalue weighted by Crippen LogP contribution is -2.36. The summed E-state index contributed by atoms with van der Waals surface area (Å²) in [5.41, 5.74) is 0.0279. The minimum Gasteiger partial charge on any atom is -0.356 e. The third kappa shape index (κ3) is 3.20. The Morgan fingerprint density at radius 3 is 2.84 bits per heavy atom. The Morgan fingerprint density at radius 1 is 1.12 bits per heavy atom. The van der Waals surface area contributed by atoms with Crippen LogP contribution in [-0.4, -0.2) is 37.8 Å². The average Bonchev–Trinajstić information content (AvgIpc) is 2.90. The fourth-order valence-corrected chi connectivity index (χ4v) is 3.88. The molecule has 0 aromatic carbocycles. The fraction of sp³-hybridized carbons (Fsp3) is 0.588. The van der Waals surface area contributed by atoms with E-state index in [-0.39, 0.29) is 5.69 Å². The number of anilines is 1. The Hall–Kier alpha value is -2.51. The van der Waals surface area contributed by atoms with Crippen LogP contribution in [0.3, 0.4) is 0 Å². The number of piperidine rings is 1. The van der Waals surface area contributed by atoms with Gasteiger partial charge in [0, 0.05) is 38.0 Å². The van der Waals surface area contributed by atoms with Gasteiger partial charge >= 0.3 is 0 Å². The Bertz CT molecular complexity index is 757. The van der Waals surface area contributed by atoms with Crippen LogP contribution >= 0.6 is 0 Å². The number of rotatable bonds is 3. The summed E-state index contributed by atoms with van der Waals surface area (Å²) >= 11 is 0. The largest absolute Gasteiger partial charge is 0.356 e. The van der Waals surface area contributed by atoms with Crippen molar-refractivity contribution in [2.24, 2.45) is 0 Å². The lowest BCUT2D eigenvalue weighted by molar-refractivity contribution is -0.385. The zero-order valence-electron chi connectivity index (χ0n) is 14.2. The maximum absolute atomic E-state index is 10.8. The van der Waals surface area contributed by atoms with Crippen LogP contribution in [-0.2, 0) is 13.0 Å². The van der Waals surface area contributed by atoms with Gasteiger partial charge in [-0.3, -0.25) is 10.1 Å². The molecule has 1 saturated heterocycles. The molecule has 2 aromatic heterocycles. The number of fused-ring (bicyclic) bond motifs is 1. The van der Waals surface area contributed by atoms with Crippen molar-refractivity contribution in [2.45, 2.75) is 51.0 Å². The highest BCUT2D eigenvalue weighted by atomic mass is 16.6. The first kappa shape index (κ1) is 16.0. The van der Waals surface area contributed by atoms with E-state index in [1.54, 1.807) is 6.07 Å². The van der Waals surface area contributed by atoms with Crippen molar-refractivity contribution in [1.29, 1.82) is 0 Å². The van der Waals surface area contributed by atoms with E-state index in [1.807, 2.05) is 0 Å². The van der Waals surface area contributed by atoms with E-state index in [0.29, 0.717) is 5.92 Å². The summed E-state index contributed by atoms with van der Waals surface area (Å²) in [4.78, 5) is 16.9. The molecule has 8 nitrogen and oxygen atoms in total. The van der Waals surface area contributed by atoms with Gasteiger partial charge in [-0.1, -0.05) is 6.42 Å². The van der Waals surface area contributed by atoms with E-state index < -0.39 is 4.92 Å². The van der Waals surface area contributed by atoms with Gasteiger partial charge in [0.1, 0.15) is 23.7 Å². The molecule has 0 radical (unpaired) electrons. The normalized spacial score (nSPS) is 20.8. The van der Waals surface area contributed by atoms with Crippen molar-refractivity contribution in [1.82, 2.24) is 19.7 Å². The van der Waals surface area contributed by atoms with Gasteiger partial charge in [-0.25, -0.2) is 4.98 Å². The van der Waals surface area contributed by atoms with Crippen molar-refractivity contribution in [2.75, 3.05) is 18.0 Å². The van der Waals surface area contributed by atoms with E-state index in [4.69, 9.17) is 0 Å². The molecule has 25 heavy (non-hydrogen) atoms. The number of nitrogens with zero attached hydrogens (tertiary/aromatic N) is 6. The van der Waals surface area contributed by atoms with Crippen LogP contribution in [0.5, 0.6) is 0 Å². The SMILES string of the molecule is O=[N+]([O-])c1ccc(N2CCC[C@@H](c3nnc4n3CCCCC4)C2)nc1. The first-order valence-corrected chi connectivity index (χ1v) is 9.00. The molecular weight excluding hydrogens is 320 g/mol. The predicted octanol–water partition coefficient (Wildman–Crippen LogP) is 2.69. The Labute approximate surface area is 146 Å². The molecule has 0 bridgehead atoms. The molecule has 2 aromatic rings. The van der Waals surface area contributed by atoms with Gasteiger partial charge in [0.05, 0.1) is 4.92 Å². The van der Waals surface area contributed by atoms with Gasteiger partial charge in [-0.15, -0.1) is 10.2 Å². The highest BCUT2D eigenvalue weighted by Crippen LogP contribution is 2.30. The molecule has 0 unspecified atom stereocenters. The third-order valence-corrected chi connectivity index (χ3v) is 5.19. The predicted molar refractivity (Wildman–Crippen MR) is 92.7 cm³/mol. The minimum absolute atomic E-state index is 0.0279. The highest BCUT2D eigenvalue weighted by molar-refractivity contribution is 5.43. The van der Waals surface area contributed by atoms with Crippen molar-refractivity contribution < 1.29 is 4.92 Å². The van der Waals surface area contributed by atoms with Gasteiger partial charge in [0.2, 0.25) is 0 Å². The number of pyridine rings is 1. The van der Waals surface area contributed by atoms with Crippen LogP contribution in [0.4, 0.5) is 11.5 Å². The lowest BCUT2D eigenvalue weighted by atomic mass is 9.97. The summed E-state index contributed by atoms with van der Waals surface area (Å²) in [5.74, 6) is 3.36. The molecule has 0 saturated carbocycles. The lowest BCUT2D eigenvalue weighted by Gasteiger charge is -2.33. The molecule has 2 aliphatic rings. The first-order valence-electron chi connectivity index (χ1n) is 9.00. The number of aryl methyl sites for hydroxylation is 1. The van der Waals surface area contributed by atoms with Crippen LogP contribution in [0.15, 0.2) is 18.3 Å². The van der Waals surface area contributed by atoms with Crippen LogP contribution in [0.1, 0.15) is 49.7 Å². The van der Waals surface area contributed by atoms with Crippen LogP contribution < -0.4 is 4.90 Å². The Balaban J connectivity index is 1.53. The van der Waals surface area contributed by atoms with Crippen LogP contribution in [0, 0.1) is 10.1 Å². The molecule has 0 N–H and O–H groups in total. The quantitative estimate of drug-likeness (QED) is 0.629. The fourth-order valence-electron chi connectivity index (χ4n) is 3.88. The van der Waals surface area contributed by atoms with Gasteiger partial charge in [-0.05, 0) is 31.7 Å². The summed E-state index contributed by atoms with van der Waals surface area (Å²) in [6.45, 7) is 2.77. The first-order chi connectivity index (χ1) is 12.2. The number of aromatic nitrogens is 4. The second kappa shape index (κ2) is 6.78. The minimum atomic E-state index is -0.415. The van der Waals surface area contributed by atoms with Gasteiger partial charge in [0.15, 0.2) is 0 Å². The molecule has 8 heteroatoms. The highest BCUT2D eigenvalue weighted by Gasteiger charge is 2.28. The third-order valence-electron chi connectivity index (χ3n) is 5.19. The van der Waals surface area contributed by atoms with E-state index in [2.05, 4.69) is 24.6 Å². The topological polar surface area (TPSA) is 90.0 Å². The zero-order valence-corrected chi connectivity index (χ0v) is 14.2. The summed E-state index contributed by atoms with van der Waals surface area (Å²) in [5, 5.41) is 19.7. The monoisotopic (exact) mass is 342 g/mol. The van der Waals surface area contributed by atoms with E-state index in [1.165, 1.54) is 31.5 Å². The van der Waals surface area contributed by atoms with E-state index in [0.717, 1.165) is 56.4 Å². The summed E-state index contributed by atoms with van der Waals surface area (Å²) in [6.07, 6.45) is 8.16. The maximum atomic E-state index is 10.8. The maximum Gasteiger partial charge on any atom is 0.287 e. The van der Waals surface area contributed by atoms with Gasteiger partial charge < -0.3 is 9.47 Å². The molecular formula is C17H22N6O2. The zero-order chi connectivity index (χ0) is 17.2. The van der Waals surface area contributed by atoms with Crippen LogP contribution in [0.2, 0.25) is 0 Å². The number of hydrogen-bond acceptors (Lipinski definition) is 6. The molecule has 0 amide bonds. The molecule has 1 fully saturated rings. The average molecular weight is 342 g/mol. The standard InChI is InChI=1S/C17H22N6O2/c24-23(25)14-7-8-15(18-11-14)21-9-4-5-13(12-21)17-20-19-16-6-2-1-3-10-22(16)17/h7-8,11,13H,1-6,9-10,12H2/t13-/m1/s1. The Kier molecular flexibility index (Phi) is 4.33. The number of nitro groups is 1. The molecule has 1 atom stereocenters. The van der Waals surface area contributed by atoms with Crippen molar-refractivity contribution >= 4 is 11.5 Å². The molecule has 0 spiro atoms. The smallest absolute Gasteiger partial charge is 0.287 e. The molecule has 4 rings (SSSR count). The molecule has 2 aliphatic heterocycles. The molecule has 4 heterocycles. The van der Waals surface area contributed by atoms with Crippen molar-refractivity contribution in [3.05, 3.63) is 40.1 Å². The van der Waals surface area contributed by atoms with E-state index in [9.17, 15) is 10.1 Å².